The highest BCUT2D eigenvalue weighted by Crippen LogP contribution is 2.47. The van der Waals surface area contributed by atoms with Crippen LogP contribution in [0.3, 0.4) is 0 Å². The lowest BCUT2D eigenvalue weighted by atomic mass is 10.2. The number of rotatable bonds is 8. The van der Waals surface area contributed by atoms with Gasteiger partial charge in [0.2, 0.25) is 0 Å². The van der Waals surface area contributed by atoms with Gasteiger partial charge in [-0.15, -0.1) is 0 Å². The molecule has 0 bridgehead atoms. The first-order chi connectivity index (χ1) is 19.4. The van der Waals surface area contributed by atoms with Gasteiger partial charge in [-0.05, 0) is 55.0 Å². The van der Waals surface area contributed by atoms with Crippen molar-refractivity contribution >= 4 is 46.9 Å². The van der Waals surface area contributed by atoms with Crippen molar-refractivity contribution in [2.45, 2.75) is 16.7 Å². The molecule has 0 radical (unpaired) electrons. The molecule has 2 heterocycles. The van der Waals surface area contributed by atoms with E-state index < -0.39 is 22.0 Å². The molecule has 3 aromatic carbocycles. The highest BCUT2D eigenvalue weighted by molar-refractivity contribution is 7.99. The topological polar surface area (TPSA) is 148 Å². The summed E-state index contributed by atoms with van der Waals surface area (Å²) in [6, 6.07) is 20.4. The Hall–Kier alpha value is -5.10. The summed E-state index contributed by atoms with van der Waals surface area (Å²) < 4.78 is 11.6. The molecule has 0 aliphatic carbocycles. The number of carbonyl (C=O) groups excluding carboxylic acids is 1. The minimum Gasteiger partial charge on any atom is -0.490 e. The molecule has 1 aromatic heterocycles. The van der Waals surface area contributed by atoms with E-state index in [1.165, 1.54) is 6.08 Å². The monoisotopic (exact) mass is 558 g/mol. The Morgan fingerprint density at radius 2 is 1.73 bits per heavy atom. The van der Waals surface area contributed by atoms with Crippen molar-refractivity contribution in [1.82, 2.24) is 9.97 Å². The van der Waals surface area contributed by atoms with Crippen LogP contribution in [0.4, 0.5) is 17.1 Å². The molecule has 0 spiro atoms. The van der Waals surface area contributed by atoms with Gasteiger partial charge in [0.1, 0.15) is 5.82 Å². The minimum absolute atomic E-state index is 0.0720. The summed E-state index contributed by atoms with van der Waals surface area (Å²) in [6.07, 6.45) is 2.95. The maximum Gasteiger partial charge on any atom is 0.395 e. The van der Waals surface area contributed by atoms with Crippen LogP contribution >= 0.6 is 11.8 Å². The number of carbonyl (C=O) groups is 1. The van der Waals surface area contributed by atoms with E-state index in [1.807, 2.05) is 55.5 Å². The van der Waals surface area contributed by atoms with Gasteiger partial charge in [0.05, 0.1) is 22.9 Å². The van der Waals surface area contributed by atoms with E-state index >= 15 is 0 Å². The molecule has 0 unspecified atom stereocenters. The molecular formula is C28H22N4O7S. The molecule has 1 amide bonds. The molecule has 0 fully saturated rings. The fourth-order valence-corrected chi connectivity index (χ4v) is 5.14. The van der Waals surface area contributed by atoms with Crippen LogP contribution in [0.25, 0.3) is 12.2 Å². The van der Waals surface area contributed by atoms with Crippen LogP contribution < -0.4 is 19.9 Å². The number of hydrogen-bond acceptors (Lipinski definition) is 9. The fourth-order valence-electron chi connectivity index (χ4n) is 4.08. The number of aromatic hydroxyl groups is 1. The van der Waals surface area contributed by atoms with Crippen molar-refractivity contribution in [3.8, 4) is 17.4 Å². The number of nitro groups is 1. The van der Waals surface area contributed by atoms with Crippen LogP contribution in [0.5, 0.6) is 17.4 Å². The van der Waals surface area contributed by atoms with Crippen molar-refractivity contribution < 1.29 is 24.3 Å². The number of aromatic amines is 1. The summed E-state index contributed by atoms with van der Waals surface area (Å²) in [5.41, 5.74) is 0.0993. The SMILES string of the molecule is CCOc1cc(/C=C/c2nc(O)c([N+](=O)[O-])c(=O)[nH]2)ccc1OCC(=O)N1c2ccccc2Sc2ccccc21. The van der Waals surface area contributed by atoms with E-state index in [0.29, 0.717) is 23.7 Å². The number of nitrogens with one attached hydrogen (secondary N) is 1. The second kappa shape index (κ2) is 11.3. The molecule has 0 atom stereocenters. The smallest absolute Gasteiger partial charge is 0.395 e. The third-order valence-electron chi connectivity index (χ3n) is 5.81. The lowest BCUT2D eigenvalue weighted by Gasteiger charge is -2.31. The highest BCUT2D eigenvalue weighted by Gasteiger charge is 2.28. The zero-order valence-corrected chi connectivity index (χ0v) is 21.9. The molecule has 202 valence electrons. The quantitative estimate of drug-likeness (QED) is 0.221. The van der Waals surface area contributed by atoms with Crippen LogP contribution in [0.1, 0.15) is 18.3 Å². The number of ether oxygens (including phenoxy) is 2. The first kappa shape index (κ1) is 26.5. The normalized spacial score (nSPS) is 12.1. The predicted molar refractivity (Wildman–Crippen MR) is 149 cm³/mol. The first-order valence-electron chi connectivity index (χ1n) is 12.1. The number of H-pyrrole nitrogens is 1. The number of fused-ring (bicyclic) bond motifs is 2. The Morgan fingerprint density at radius 3 is 2.35 bits per heavy atom. The van der Waals surface area contributed by atoms with E-state index in [2.05, 4.69) is 9.97 Å². The van der Waals surface area contributed by atoms with Gasteiger partial charge in [-0.2, -0.15) is 4.98 Å². The third kappa shape index (κ3) is 5.38. The van der Waals surface area contributed by atoms with E-state index in [-0.39, 0.29) is 18.3 Å². The minimum atomic E-state index is -1.07. The Balaban J connectivity index is 1.35. The van der Waals surface area contributed by atoms with Gasteiger partial charge >= 0.3 is 11.2 Å². The third-order valence-corrected chi connectivity index (χ3v) is 6.94. The zero-order valence-electron chi connectivity index (χ0n) is 21.1. The van der Waals surface area contributed by atoms with Gasteiger partial charge in [0.15, 0.2) is 18.1 Å². The average Bonchev–Trinajstić information content (AvgIpc) is 2.93. The van der Waals surface area contributed by atoms with E-state index in [0.717, 1.165) is 21.2 Å². The average molecular weight is 559 g/mol. The second-order valence-corrected chi connectivity index (χ2v) is 9.49. The van der Waals surface area contributed by atoms with E-state index in [1.54, 1.807) is 40.9 Å². The Bertz CT molecular complexity index is 1660. The summed E-state index contributed by atoms with van der Waals surface area (Å²) in [7, 11) is 0. The molecule has 2 N–H and O–H groups in total. The molecule has 12 heteroatoms. The molecule has 0 saturated carbocycles. The molecule has 0 saturated heterocycles. The molecule has 40 heavy (non-hydrogen) atoms. The number of hydrogen-bond donors (Lipinski definition) is 2. The summed E-state index contributed by atoms with van der Waals surface area (Å²) in [6.45, 7) is 1.91. The van der Waals surface area contributed by atoms with Crippen LogP contribution in [0.2, 0.25) is 0 Å². The number of nitrogens with zero attached hydrogens (tertiary/aromatic N) is 3. The van der Waals surface area contributed by atoms with Gasteiger partial charge in [-0.25, -0.2) is 0 Å². The lowest BCUT2D eigenvalue weighted by molar-refractivity contribution is -0.387. The second-order valence-electron chi connectivity index (χ2n) is 8.41. The number of para-hydroxylation sites is 2. The summed E-state index contributed by atoms with van der Waals surface area (Å²) in [4.78, 5) is 44.7. The molecule has 1 aliphatic rings. The number of aromatic nitrogens is 2. The van der Waals surface area contributed by atoms with Crippen molar-refractivity contribution in [2.75, 3.05) is 18.1 Å². The van der Waals surface area contributed by atoms with Gasteiger partial charge in [0, 0.05) is 9.79 Å². The summed E-state index contributed by atoms with van der Waals surface area (Å²) in [5.74, 6) is -0.550. The number of anilines is 2. The van der Waals surface area contributed by atoms with Crippen molar-refractivity contribution in [3.63, 3.8) is 0 Å². The molecule has 11 nitrogen and oxygen atoms in total. The first-order valence-corrected chi connectivity index (χ1v) is 12.9. The maximum absolute atomic E-state index is 13.5. The fraction of sp³-hybridized carbons (Fsp3) is 0.107. The maximum atomic E-state index is 13.5. The molecular weight excluding hydrogens is 536 g/mol. The lowest BCUT2D eigenvalue weighted by Crippen LogP contribution is -2.32. The Kier molecular flexibility index (Phi) is 7.51. The number of benzene rings is 3. The molecule has 1 aliphatic heterocycles. The molecule has 5 rings (SSSR count). The van der Waals surface area contributed by atoms with Crippen LogP contribution in [-0.4, -0.2) is 39.1 Å². The van der Waals surface area contributed by atoms with E-state index in [4.69, 9.17) is 9.47 Å². The van der Waals surface area contributed by atoms with Gasteiger partial charge in [-0.1, -0.05) is 48.2 Å². The standard InChI is InChI=1S/C28H22N4O7S/c1-2-38-21-15-17(12-14-24-29-27(34)26(32(36)37)28(35)30-24)11-13-20(21)39-16-25(33)31-18-7-3-5-9-22(18)40-23-10-6-4-8-19(23)31/h3-15H,2,16H2,1H3,(H2,29,30,34,35)/b14-12+. The Morgan fingerprint density at radius 1 is 1.05 bits per heavy atom. The van der Waals surface area contributed by atoms with Crippen molar-refractivity contribution in [3.05, 3.63) is 98.6 Å². The van der Waals surface area contributed by atoms with Gasteiger partial charge < -0.3 is 19.6 Å². The van der Waals surface area contributed by atoms with Crippen molar-refractivity contribution in [1.29, 1.82) is 0 Å². The van der Waals surface area contributed by atoms with Gasteiger partial charge in [-0.3, -0.25) is 24.6 Å². The Labute approximate surface area is 231 Å². The van der Waals surface area contributed by atoms with Crippen LogP contribution in [0, 0.1) is 10.1 Å². The van der Waals surface area contributed by atoms with Gasteiger partial charge in [0.25, 0.3) is 11.8 Å². The molecule has 4 aromatic rings. The largest absolute Gasteiger partial charge is 0.490 e. The zero-order chi connectivity index (χ0) is 28.2. The summed E-state index contributed by atoms with van der Waals surface area (Å²) >= 11 is 1.61. The van der Waals surface area contributed by atoms with Crippen molar-refractivity contribution in [2.24, 2.45) is 0 Å². The predicted octanol–water partition coefficient (Wildman–Crippen LogP) is 5.16. The highest BCUT2D eigenvalue weighted by atomic mass is 32.2. The van der Waals surface area contributed by atoms with E-state index in [9.17, 15) is 24.8 Å². The van der Waals surface area contributed by atoms with Crippen LogP contribution in [-0.2, 0) is 4.79 Å². The number of amides is 1. The summed E-state index contributed by atoms with van der Waals surface area (Å²) in [5, 5.41) is 20.6. The van der Waals surface area contributed by atoms with Crippen LogP contribution in [0.15, 0.2) is 81.3 Å².